The largest absolute Gasteiger partial charge is 0.484 e. The number of likely N-dealkylation sites (N-methyl/N-ethyl adjacent to an activating group) is 1. The molecule has 1 saturated carbocycles. The van der Waals surface area contributed by atoms with Gasteiger partial charge in [0.2, 0.25) is 0 Å². The zero-order valence-corrected chi connectivity index (χ0v) is 11.7. The summed E-state index contributed by atoms with van der Waals surface area (Å²) in [6.07, 6.45) is 1.77. The van der Waals surface area contributed by atoms with Gasteiger partial charge in [0, 0.05) is 19.7 Å². The minimum atomic E-state index is -0.340. The second-order valence-electron chi connectivity index (χ2n) is 4.84. The molecule has 1 N–H and O–H groups in total. The van der Waals surface area contributed by atoms with E-state index in [2.05, 4.69) is 5.32 Å². The van der Waals surface area contributed by atoms with Crippen LogP contribution in [0.5, 0.6) is 5.75 Å². The number of carbonyl (C=O) groups is 2. The van der Waals surface area contributed by atoms with Crippen molar-refractivity contribution >= 4 is 11.7 Å². The summed E-state index contributed by atoms with van der Waals surface area (Å²) in [4.78, 5) is 23.3. The summed E-state index contributed by atoms with van der Waals surface area (Å²) < 4.78 is 10.6. The lowest BCUT2D eigenvalue weighted by molar-refractivity contribution is -0.122. The lowest BCUT2D eigenvalue weighted by Crippen LogP contribution is -2.25. The van der Waals surface area contributed by atoms with Gasteiger partial charge in [-0.2, -0.15) is 0 Å². The van der Waals surface area contributed by atoms with Gasteiger partial charge < -0.3 is 14.8 Å². The van der Waals surface area contributed by atoms with E-state index in [9.17, 15) is 9.59 Å². The first-order chi connectivity index (χ1) is 9.65. The van der Waals surface area contributed by atoms with E-state index in [0.29, 0.717) is 17.2 Å². The minimum absolute atomic E-state index is 0.00727. The van der Waals surface area contributed by atoms with Gasteiger partial charge in [-0.15, -0.1) is 0 Å². The Morgan fingerprint density at radius 3 is 2.45 bits per heavy atom. The van der Waals surface area contributed by atoms with Crippen molar-refractivity contribution in [1.82, 2.24) is 5.32 Å². The highest BCUT2D eigenvalue weighted by atomic mass is 16.5. The van der Waals surface area contributed by atoms with Crippen molar-refractivity contribution < 1.29 is 19.1 Å². The zero-order chi connectivity index (χ0) is 14.5. The van der Waals surface area contributed by atoms with E-state index in [-0.39, 0.29) is 24.4 Å². The average molecular weight is 277 g/mol. The molecule has 1 aromatic carbocycles. The van der Waals surface area contributed by atoms with Crippen LogP contribution in [0.15, 0.2) is 24.3 Å². The lowest BCUT2D eigenvalue weighted by Gasteiger charge is -2.13. The maximum absolute atomic E-state index is 12.3. The molecular weight excluding hydrogens is 258 g/mol. The fourth-order valence-corrected chi connectivity index (χ4v) is 2.01. The third-order valence-electron chi connectivity index (χ3n) is 3.35. The van der Waals surface area contributed by atoms with Crippen molar-refractivity contribution in [3.8, 4) is 5.75 Å². The van der Waals surface area contributed by atoms with E-state index in [1.807, 2.05) is 0 Å². The predicted molar refractivity (Wildman–Crippen MR) is 73.9 cm³/mol. The van der Waals surface area contributed by atoms with Crippen LogP contribution in [0.2, 0.25) is 0 Å². The minimum Gasteiger partial charge on any atom is -0.484 e. The summed E-state index contributed by atoms with van der Waals surface area (Å²) >= 11 is 0. The molecule has 108 valence electrons. The SMILES string of the molecule is CNC(=O)COc1ccc(C(=O)C(OC)C2CC2)cc1. The number of rotatable bonds is 7. The molecule has 0 bridgehead atoms. The van der Waals surface area contributed by atoms with E-state index in [4.69, 9.17) is 9.47 Å². The molecule has 1 unspecified atom stereocenters. The quantitative estimate of drug-likeness (QED) is 0.766. The first-order valence-corrected chi connectivity index (χ1v) is 6.66. The summed E-state index contributed by atoms with van der Waals surface area (Å²) in [6, 6.07) is 6.79. The molecule has 5 nitrogen and oxygen atoms in total. The number of methoxy groups -OCH3 is 1. The van der Waals surface area contributed by atoms with Crippen molar-refractivity contribution in [3.63, 3.8) is 0 Å². The molecule has 2 rings (SSSR count). The van der Waals surface area contributed by atoms with E-state index in [1.54, 1.807) is 38.4 Å². The number of Topliss-reactive ketones (excluding diaryl/α,β-unsaturated/α-hetero) is 1. The topological polar surface area (TPSA) is 64.6 Å². The summed E-state index contributed by atoms with van der Waals surface area (Å²) in [6.45, 7) is -0.0352. The van der Waals surface area contributed by atoms with Crippen LogP contribution in [0.1, 0.15) is 23.2 Å². The molecule has 0 spiro atoms. The predicted octanol–water partition coefficient (Wildman–Crippen LogP) is 1.42. The monoisotopic (exact) mass is 277 g/mol. The number of hydrogen-bond acceptors (Lipinski definition) is 4. The number of nitrogens with one attached hydrogen (secondary N) is 1. The van der Waals surface area contributed by atoms with E-state index >= 15 is 0 Å². The molecule has 0 aliphatic heterocycles. The smallest absolute Gasteiger partial charge is 0.257 e. The Hall–Kier alpha value is -1.88. The van der Waals surface area contributed by atoms with E-state index in [1.165, 1.54) is 0 Å². The first-order valence-electron chi connectivity index (χ1n) is 6.66. The van der Waals surface area contributed by atoms with Crippen molar-refractivity contribution in [2.75, 3.05) is 20.8 Å². The maximum atomic E-state index is 12.3. The Kier molecular flexibility index (Phi) is 4.74. The first kappa shape index (κ1) is 14.5. The van der Waals surface area contributed by atoms with Crippen molar-refractivity contribution in [2.45, 2.75) is 18.9 Å². The summed E-state index contributed by atoms with van der Waals surface area (Å²) in [7, 11) is 3.12. The molecule has 0 saturated heterocycles. The van der Waals surface area contributed by atoms with Gasteiger partial charge in [0.05, 0.1) is 0 Å². The number of benzene rings is 1. The fourth-order valence-electron chi connectivity index (χ4n) is 2.01. The van der Waals surface area contributed by atoms with Crippen LogP contribution in [-0.2, 0) is 9.53 Å². The van der Waals surface area contributed by atoms with Gasteiger partial charge in [-0.05, 0) is 43.0 Å². The third kappa shape index (κ3) is 3.57. The van der Waals surface area contributed by atoms with Gasteiger partial charge in [-0.1, -0.05) is 0 Å². The Balaban J connectivity index is 1.96. The maximum Gasteiger partial charge on any atom is 0.257 e. The number of ether oxygens (including phenoxy) is 2. The van der Waals surface area contributed by atoms with Crippen LogP contribution >= 0.6 is 0 Å². The Labute approximate surface area is 118 Å². The van der Waals surface area contributed by atoms with Gasteiger partial charge >= 0.3 is 0 Å². The molecule has 0 aromatic heterocycles. The number of hydrogen-bond donors (Lipinski definition) is 1. The molecule has 1 amide bonds. The fraction of sp³-hybridized carbons (Fsp3) is 0.467. The van der Waals surface area contributed by atoms with Gasteiger partial charge in [0.25, 0.3) is 5.91 Å². The van der Waals surface area contributed by atoms with Gasteiger partial charge in [0.1, 0.15) is 11.9 Å². The molecule has 1 fully saturated rings. The zero-order valence-electron chi connectivity index (χ0n) is 11.7. The number of carbonyl (C=O) groups excluding carboxylic acids is 2. The highest BCUT2D eigenvalue weighted by Crippen LogP contribution is 2.35. The summed E-state index contributed by atoms with van der Waals surface area (Å²) in [5.74, 6) is 0.730. The van der Waals surface area contributed by atoms with Crippen LogP contribution < -0.4 is 10.1 Å². The van der Waals surface area contributed by atoms with Gasteiger partial charge in [-0.3, -0.25) is 9.59 Å². The second-order valence-corrected chi connectivity index (χ2v) is 4.84. The third-order valence-corrected chi connectivity index (χ3v) is 3.35. The molecular formula is C15H19NO4. The van der Waals surface area contributed by atoms with Gasteiger partial charge in [-0.25, -0.2) is 0 Å². The van der Waals surface area contributed by atoms with Gasteiger partial charge in [0.15, 0.2) is 12.4 Å². The molecule has 5 heteroatoms. The average Bonchev–Trinajstić information content (AvgIpc) is 3.30. The normalized spacial score (nSPS) is 15.5. The molecule has 1 atom stereocenters. The molecule has 1 aliphatic carbocycles. The van der Waals surface area contributed by atoms with Crippen molar-refractivity contribution in [1.29, 1.82) is 0 Å². The second kappa shape index (κ2) is 6.52. The van der Waals surface area contributed by atoms with Crippen LogP contribution in [0, 0.1) is 5.92 Å². The van der Waals surface area contributed by atoms with Crippen molar-refractivity contribution in [2.24, 2.45) is 5.92 Å². The molecule has 1 aromatic rings. The summed E-state index contributed by atoms with van der Waals surface area (Å²) in [5.41, 5.74) is 0.607. The summed E-state index contributed by atoms with van der Waals surface area (Å²) in [5, 5.41) is 2.47. The van der Waals surface area contributed by atoms with Crippen LogP contribution in [0.4, 0.5) is 0 Å². The van der Waals surface area contributed by atoms with Crippen molar-refractivity contribution in [3.05, 3.63) is 29.8 Å². The molecule has 0 radical (unpaired) electrons. The lowest BCUT2D eigenvalue weighted by atomic mass is 10.0. The standard InChI is InChI=1S/C15H19NO4/c1-16-13(17)9-20-12-7-5-10(6-8-12)14(18)15(19-2)11-3-4-11/h5-8,11,15H,3-4,9H2,1-2H3,(H,16,17). The Bertz CT molecular complexity index is 479. The van der Waals surface area contributed by atoms with Crippen LogP contribution in [-0.4, -0.2) is 38.6 Å². The number of amides is 1. The van der Waals surface area contributed by atoms with Crippen LogP contribution in [0.3, 0.4) is 0 Å². The Morgan fingerprint density at radius 2 is 1.95 bits per heavy atom. The highest BCUT2D eigenvalue weighted by molar-refractivity contribution is 6.00. The molecule has 1 aliphatic rings. The highest BCUT2D eigenvalue weighted by Gasteiger charge is 2.36. The van der Waals surface area contributed by atoms with E-state index in [0.717, 1.165) is 12.8 Å². The molecule has 0 heterocycles. The number of ketones is 1. The molecule has 20 heavy (non-hydrogen) atoms. The van der Waals surface area contributed by atoms with E-state index < -0.39 is 0 Å². The Morgan fingerprint density at radius 1 is 1.30 bits per heavy atom. The van der Waals surface area contributed by atoms with Crippen LogP contribution in [0.25, 0.3) is 0 Å².